The smallest absolute Gasteiger partial charge is 0.251 e. The molecule has 1 amide bonds. The normalized spacial score (nSPS) is 16.1. The number of benzene rings is 2. The van der Waals surface area contributed by atoms with E-state index < -0.39 is 0 Å². The first-order chi connectivity index (χ1) is 14.5. The van der Waals surface area contributed by atoms with Gasteiger partial charge in [-0.2, -0.15) is 0 Å². The molecule has 3 rings (SSSR count). The number of piperidine rings is 1. The van der Waals surface area contributed by atoms with Crippen LogP contribution in [0.15, 0.2) is 42.5 Å². The molecule has 5 nitrogen and oxygen atoms in total. The van der Waals surface area contributed by atoms with Crippen molar-refractivity contribution >= 4 is 5.91 Å². The second-order valence-corrected chi connectivity index (χ2v) is 8.20. The van der Waals surface area contributed by atoms with Crippen LogP contribution >= 0.6 is 0 Å². The minimum atomic E-state index is -0.0904. The summed E-state index contributed by atoms with van der Waals surface area (Å²) in [6, 6.07) is 13.7. The third-order valence-corrected chi connectivity index (χ3v) is 6.02. The SMILES string of the molecule is CC[C@H](NC(=O)c1ccc(CN2CCC(C)CC2)cc1)c1ccc(OC)c(OC)c1. The number of likely N-dealkylation sites (tertiary alicyclic amines) is 1. The monoisotopic (exact) mass is 410 g/mol. The van der Waals surface area contributed by atoms with Crippen molar-refractivity contribution in [2.24, 2.45) is 5.92 Å². The number of hydrogen-bond acceptors (Lipinski definition) is 4. The minimum absolute atomic E-state index is 0.0602. The van der Waals surface area contributed by atoms with E-state index in [2.05, 4.69) is 36.2 Å². The summed E-state index contributed by atoms with van der Waals surface area (Å²) in [7, 11) is 3.24. The molecule has 1 aliphatic rings. The molecule has 1 aliphatic heterocycles. The Morgan fingerprint density at radius 3 is 2.33 bits per heavy atom. The quantitative estimate of drug-likeness (QED) is 0.678. The number of ether oxygens (including phenoxy) is 2. The maximum atomic E-state index is 12.8. The van der Waals surface area contributed by atoms with E-state index >= 15 is 0 Å². The molecule has 2 aromatic rings. The summed E-state index contributed by atoms with van der Waals surface area (Å²) >= 11 is 0. The summed E-state index contributed by atoms with van der Waals surface area (Å²) in [6.45, 7) is 7.66. The highest BCUT2D eigenvalue weighted by atomic mass is 16.5. The fourth-order valence-electron chi connectivity index (χ4n) is 3.97. The van der Waals surface area contributed by atoms with Crippen LogP contribution in [-0.2, 0) is 6.54 Å². The van der Waals surface area contributed by atoms with Crippen molar-refractivity contribution in [2.45, 2.75) is 45.7 Å². The van der Waals surface area contributed by atoms with Crippen LogP contribution in [0, 0.1) is 5.92 Å². The van der Waals surface area contributed by atoms with E-state index in [1.54, 1.807) is 14.2 Å². The zero-order valence-electron chi connectivity index (χ0n) is 18.6. The fraction of sp³-hybridized carbons (Fsp3) is 0.480. The van der Waals surface area contributed by atoms with Gasteiger partial charge >= 0.3 is 0 Å². The van der Waals surface area contributed by atoms with Crippen molar-refractivity contribution in [3.8, 4) is 11.5 Å². The molecule has 0 bridgehead atoms. The number of rotatable bonds is 8. The molecular weight excluding hydrogens is 376 g/mol. The predicted octanol–water partition coefficient (Wildman–Crippen LogP) is 4.82. The number of amides is 1. The van der Waals surface area contributed by atoms with Gasteiger partial charge in [0.2, 0.25) is 0 Å². The van der Waals surface area contributed by atoms with Gasteiger partial charge in [-0.25, -0.2) is 0 Å². The Morgan fingerprint density at radius 1 is 1.07 bits per heavy atom. The third-order valence-electron chi connectivity index (χ3n) is 6.02. The lowest BCUT2D eigenvalue weighted by Gasteiger charge is -2.30. The van der Waals surface area contributed by atoms with Gasteiger partial charge in [0.05, 0.1) is 20.3 Å². The lowest BCUT2D eigenvalue weighted by atomic mass is 9.98. The average molecular weight is 411 g/mol. The van der Waals surface area contributed by atoms with Crippen molar-refractivity contribution in [3.05, 3.63) is 59.2 Å². The summed E-state index contributed by atoms with van der Waals surface area (Å²) in [5.41, 5.74) is 2.94. The van der Waals surface area contributed by atoms with Gasteiger partial charge in [0.1, 0.15) is 0 Å². The Balaban J connectivity index is 1.62. The summed E-state index contributed by atoms with van der Waals surface area (Å²) in [5, 5.41) is 3.15. The Hall–Kier alpha value is -2.53. The number of carbonyl (C=O) groups excluding carboxylic acids is 1. The molecule has 5 heteroatoms. The highest BCUT2D eigenvalue weighted by Crippen LogP contribution is 2.31. The topological polar surface area (TPSA) is 50.8 Å². The summed E-state index contributed by atoms with van der Waals surface area (Å²) < 4.78 is 10.7. The Labute approximate surface area is 180 Å². The van der Waals surface area contributed by atoms with Gasteiger partial charge in [-0.05, 0) is 73.7 Å². The molecule has 1 saturated heterocycles. The maximum absolute atomic E-state index is 12.8. The number of methoxy groups -OCH3 is 2. The van der Waals surface area contributed by atoms with E-state index in [1.165, 1.54) is 18.4 Å². The van der Waals surface area contributed by atoms with Gasteiger partial charge in [0.25, 0.3) is 5.91 Å². The highest BCUT2D eigenvalue weighted by molar-refractivity contribution is 5.94. The second kappa shape index (κ2) is 10.5. The van der Waals surface area contributed by atoms with Gasteiger partial charge in [-0.1, -0.05) is 32.0 Å². The van der Waals surface area contributed by atoms with Crippen molar-refractivity contribution < 1.29 is 14.3 Å². The molecule has 0 aliphatic carbocycles. The molecule has 2 aromatic carbocycles. The van der Waals surface area contributed by atoms with Crippen LogP contribution < -0.4 is 14.8 Å². The summed E-state index contributed by atoms with van der Waals surface area (Å²) in [4.78, 5) is 15.3. The van der Waals surface area contributed by atoms with Gasteiger partial charge in [0, 0.05) is 12.1 Å². The highest BCUT2D eigenvalue weighted by Gasteiger charge is 2.18. The molecule has 1 atom stereocenters. The minimum Gasteiger partial charge on any atom is -0.493 e. The van der Waals surface area contributed by atoms with E-state index in [0.717, 1.165) is 37.5 Å². The molecule has 162 valence electrons. The first kappa shape index (κ1) is 22.2. The lowest BCUT2D eigenvalue weighted by Crippen LogP contribution is -2.32. The molecule has 0 saturated carbocycles. The van der Waals surface area contributed by atoms with Crippen LogP contribution in [0.4, 0.5) is 0 Å². The molecule has 1 fully saturated rings. The maximum Gasteiger partial charge on any atom is 0.251 e. The largest absolute Gasteiger partial charge is 0.493 e. The Morgan fingerprint density at radius 2 is 1.73 bits per heavy atom. The molecule has 0 radical (unpaired) electrons. The molecule has 1 N–H and O–H groups in total. The zero-order chi connectivity index (χ0) is 21.5. The number of nitrogens with zero attached hydrogens (tertiary/aromatic N) is 1. The predicted molar refractivity (Wildman–Crippen MR) is 120 cm³/mol. The van der Waals surface area contributed by atoms with E-state index in [1.807, 2.05) is 30.3 Å². The van der Waals surface area contributed by atoms with Gasteiger partial charge in [0.15, 0.2) is 11.5 Å². The molecule has 0 aromatic heterocycles. The van der Waals surface area contributed by atoms with Gasteiger partial charge in [-0.15, -0.1) is 0 Å². The van der Waals surface area contributed by atoms with Gasteiger partial charge < -0.3 is 14.8 Å². The third kappa shape index (κ3) is 5.54. The number of hydrogen-bond donors (Lipinski definition) is 1. The molecule has 30 heavy (non-hydrogen) atoms. The van der Waals surface area contributed by atoms with E-state index in [0.29, 0.717) is 17.1 Å². The van der Waals surface area contributed by atoms with Crippen molar-refractivity contribution in [1.82, 2.24) is 10.2 Å². The van der Waals surface area contributed by atoms with Crippen molar-refractivity contribution in [3.63, 3.8) is 0 Å². The number of nitrogens with one attached hydrogen (secondary N) is 1. The Kier molecular flexibility index (Phi) is 7.75. The van der Waals surface area contributed by atoms with Crippen LogP contribution in [0.2, 0.25) is 0 Å². The fourth-order valence-corrected chi connectivity index (χ4v) is 3.97. The van der Waals surface area contributed by atoms with E-state index in [4.69, 9.17) is 9.47 Å². The first-order valence-electron chi connectivity index (χ1n) is 10.9. The van der Waals surface area contributed by atoms with Crippen molar-refractivity contribution in [2.75, 3.05) is 27.3 Å². The molecule has 0 unspecified atom stereocenters. The zero-order valence-corrected chi connectivity index (χ0v) is 18.6. The van der Waals surface area contributed by atoms with Crippen LogP contribution in [0.25, 0.3) is 0 Å². The van der Waals surface area contributed by atoms with E-state index in [-0.39, 0.29) is 11.9 Å². The second-order valence-electron chi connectivity index (χ2n) is 8.20. The Bertz CT molecular complexity index is 827. The van der Waals surface area contributed by atoms with E-state index in [9.17, 15) is 4.79 Å². The summed E-state index contributed by atoms with van der Waals surface area (Å²) in [6.07, 6.45) is 3.33. The first-order valence-corrected chi connectivity index (χ1v) is 10.9. The lowest BCUT2D eigenvalue weighted by molar-refractivity contribution is 0.0935. The van der Waals surface area contributed by atoms with Crippen LogP contribution in [-0.4, -0.2) is 38.1 Å². The van der Waals surface area contributed by atoms with Crippen molar-refractivity contribution in [1.29, 1.82) is 0 Å². The van der Waals surface area contributed by atoms with Crippen LogP contribution in [0.5, 0.6) is 11.5 Å². The molecule has 1 heterocycles. The van der Waals surface area contributed by atoms with Crippen LogP contribution in [0.1, 0.15) is 60.6 Å². The average Bonchev–Trinajstić information content (AvgIpc) is 2.78. The number of carbonyl (C=O) groups is 1. The molecule has 0 spiro atoms. The summed E-state index contributed by atoms with van der Waals surface area (Å²) in [5.74, 6) is 2.12. The molecular formula is C25H34N2O3. The van der Waals surface area contributed by atoms with Crippen LogP contribution in [0.3, 0.4) is 0 Å². The standard InChI is InChI=1S/C25H34N2O3/c1-5-22(21-10-11-23(29-3)24(16-21)30-4)26-25(28)20-8-6-19(7-9-20)17-27-14-12-18(2)13-15-27/h6-11,16,18,22H,5,12-15,17H2,1-4H3,(H,26,28)/t22-/m0/s1. The van der Waals surface area contributed by atoms with Gasteiger partial charge in [-0.3, -0.25) is 9.69 Å².